The third-order valence-corrected chi connectivity index (χ3v) is 2.89. The number of aromatic nitrogens is 1. The first-order valence-electron chi connectivity index (χ1n) is 6.10. The van der Waals surface area contributed by atoms with E-state index in [9.17, 15) is 0 Å². The third kappa shape index (κ3) is 2.85. The van der Waals surface area contributed by atoms with Gasteiger partial charge >= 0.3 is 0 Å². The predicted octanol–water partition coefficient (Wildman–Crippen LogP) is 2.49. The molecule has 1 heterocycles. The van der Waals surface area contributed by atoms with Gasteiger partial charge in [0.2, 0.25) is 0 Å². The number of methoxy groups -OCH3 is 2. The summed E-state index contributed by atoms with van der Waals surface area (Å²) in [7, 11) is 5.22. The molecule has 0 aliphatic rings. The molecular weight excluding hydrogens is 240 g/mol. The molecule has 0 aliphatic carbocycles. The van der Waals surface area contributed by atoms with Gasteiger partial charge in [-0.05, 0) is 30.8 Å². The number of benzene rings is 1. The van der Waals surface area contributed by atoms with Crippen LogP contribution in [0.25, 0.3) is 11.1 Å². The van der Waals surface area contributed by atoms with Crippen LogP contribution in [-0.4, -0.2) is 26.3 Å². The first-order chi connectivity index (χ1) is 9.30. The first kappa shape index (κ1) is 13.4. The van der Waals surface area contributed by atoms with Crippen LogP contribution in [0.1, 0.15) is 5.56 Å². The van der Waals surface area contributed by atoms with Crippen molar-refractivity contribution in [1.82, 2.24) is 10.3 Å². The van der Waals surface area contributed by atoms with E-state index in [0.717, 1.165) is 34.7 Å². The molecule has 4 nitrogen and oxygen atoms in total. The fraction of sp³-hybridized carbons (Fsp3) is 0.267. The second kappa shape index (κ2) is 6.20. The Labute approximate surface area is 113 Å². The molecule has 2 aromatic rings. The van der Waals surface area contributed by atoms with Gasteiger partial charge in [-0.2, -0.15) is 0 Å². The summed E-state index contributed by atoms with van der Waals surface area (Å²) < 4.78 is 10.8. The summed E-state index contributed by atoms with van der Waals surface area (Å²) in [5.41, 5.74) is 3.04. The van der Waals surface area contributed by atoms with Crippen molar-refractivity contribution >= 4 is 0 Å². The molecule has 1 N–H and O–H groups in total. The number of pyridine rings is 1. The van der Waals surface area contributed by atoms with Crippen molar-refractivity contribution in [2.24, 2.45) is 0 Å². The molecule has 0 aliphatic heterocycles. The molecule has 100 valence electrons. The lowest BCUT2D eigenvalue weighted by atomic mass is 10.0. The van der Waals surface area contributed by atoms with Crippen molar-refractivity contribution in [3.63, 3.8) is 0 Å². The zero-order chi connectivity index (χ0) is 13.7. The minimum atomic E-state index is 0.776. The Morgan fingerprint density at radius 1 is 1.11 bits per heavy atom. The van der Waals surface area contributed by atoms with E-state index in [-0.39, 0.29) is 0 Å². The van der Waals surface area contributed by atoms with Crippen LogP contribution in [0.5, 0.6) is 11.5 Å². The summed E-state index contributed by atoms with van der Waals surface area (Å²) >= 11 is 0. The molecule has 0 fully saturated rings. The zero-order valence-corrected chi connectivity index (χ0v) is 11.4. The zero-order valence-electron chi connectivity index (χ0n) is 11.4. The molecule has 0 atom stereocenters. The second-order valence-corrected chi connectivity index (χ2v) is 4.15. The molecule has 0 saturated heterocycles. The summed E-state index contributed by atoms with van der Waals surface area (Å²) in [4.78, 5) is 4.28. The maximum absolute atomic E-state index is 5.42. The van der Waals surface area contributed by atoms with Crippen LogP contribution in [0.3, 0.4) is 0 Å². The fourth-order valence-corrected chi connectivity index (χ4v) is 2.06. The normalized spacial score (nSPS) is 10.3. The number of rotatable bonds is 5. The Morgan fingerprint density at radius 3 is 2.37 bits per heavy atom. The monoisotopic (exact) mass is 258 g/mol. The molecule has 0 unspecified atom stereocenters. The van der Waals surface area contributed by atoms with Gasteiger partial charge in [0.05, 0.1) is 19.8 Å². The molecule has 0 saturated carbocycles. The lowest BCUT2D eigenvalue weighted by Crippen LogP contribution is -2.05. The fourth-order valence-electron chi connectivity index (χ4n) is 2.06. The van der Waals surface area contributed by atoms with Gasteiger partial charge in [-0.3, -0.25) is 4.98 Å². The van der Waals surface area contributed by atoms with Crippen LogP contribution >= 0.6 is 0 Å². The van der Waals surface area contributed by atoms with Crippen molar-refractivity contribution in [2.75, 3.05) is 21.3 Å². The Hall–Kier alpha value is -2.07. The van der Waals surface area contributed by atoms with Gasteiger partial charge in [0, 0.05) is 24.5 Å². The SMILES string of the molecule is CNCc1cncc(-c2c(OC)cccc2OC)c1. The Balaban J connectivity index is 2.53. The predicted molar refractivity (Wildman–Crippen MR) is 75.5 cm³/mol. The summed E-state index contributed by atoms with van der Waals surface area (Å²) in [5.74, 6) is 1.56. The maximum atomic E-state index is 5.42. The van der Waals surface area contributed by atoms with Gasteiger partial charge in [-0.15, -0.1) is 0 Å². The average molecular weight is 258 g/mol. The minimum Gasteiger partial charge on any atom is -0.496 e. The summed E-state index contributed by atoms with van der Waals surface area (Å²) in [6.07, 6.45) is 3.67. The van der Waals surface area contributed by atoms with Gasteiger partial charge in [-0.1, -0.05) is 6.07 Å². The number of nitrogens with zero attached hydrogens (tertiary/aromatic N) is 1. The number of nitrogens with one attached hydrogen (secondary N) is 1. The largest absolute Gasteiger partial charge is 0.496 e. The Kier molecular flexibility index (Phi) is 4.36. The van der Waals surface area contributed by atoms with Crippen molar-refractivity contribution in [2.45, 2.75) is 6.54 Å². The third-order valence-electron chi connectivity index (χ3n) is 2.89. The van der Waals surface area contributed by atoms with Gasteiger partial charge in [0.25, 0.3) is 0 Å². The highest BCUT2D eigenvalue weighted by atomic mass is 16.5. The molecule has 0 spiro atoms. The molecule has 0 amide bonds. The van der Waals surface area contributed by atoms with Crippen molar-refractivity contribution in [3.8, 4) is 22.6 Å². The van der Waals surface area contributed by atoms with Gasteiger partial charge in [0.1, 0.15) is 11.5 Å². The van der Waals surface area contributed by atoms with E-state index >= 15 is 0 Å². The Morgan fingerprint density at radius 2 is 1.79 bits per heavy atom. The number of hydrogen-bond donors (Lipinski definition) is 1. The van der Waals surface area contributed by atoms with Gasteiger partial charge in [-0.25, -0.2) is 0 Å². The van der Waals surface area contributed by atoms with E-state index in [1.54, 1.807) is 14.2 Å². The quantitative estimate of drug-likeness (QED) is 0.894. The molecule has 0 bridgehead atoms. The second-order valence-electron chi connectivity index (χ2n) is 4.15. The van der Waals surface area contributed by atoms with Crippen molar-refractivity contribution in [3.05, 3.63) is 42.2 Å². The van der Waals surface area contributed by atoms with Crippen LogP contribution in [0.4, 0.5) is 0 Å². The highest BCUT2D eigenvalue weighted by Crippen LogP contribution is 2.37. The van der Waals surface area contributed by atoms with Crippen molar-refractivity contribution < 1.29 is 9.47 Å². The van der Waals surface area contributed by atoms with Crippen LogP contribution in [-0.2, 0) is 6.54 Å². The van der Waals surface area contributed by atoms with E-state index in [2.05, 4.69) is 16.4 Å². The lowest BCUT2D eigenvalue weighted by molar-refractivity contribution is 0.397. The van der Waals surface area contributed by atoms with Crippen LogP contribution in [0.2, 0.25) is 0 Å². The topological polar surface area (TPSA) is 43.4 Å². The standard InChI is InChI=1S/C15H18N2O2/c1-16-8-11-7-12(10-17-9-11)15-13(18-2)5-4-6-14(15)19-3/h4-7,9-10,16H,8H2,1-3H3. The number of hydrogen-bond acceptors (Lipinski definition) is 4. The summed E-state index contributed by atoms with van der Waals surface area (Å²) in [6.45, 7) is 0.776. The smallest absolute Gasteiger partial charge is 0.130 e. The highest BCUT2D eigenvalue weighted by molar-refractivity contribution is 5.76. The average Bonchev–Trinajstić information content (AvgIpc) is 2.47. The van der Waals surface area contributed by atoms with Crippen LogP contribution < -0.4 is 14.8 Å². The van der Waals surface area contributed by atoms with E-state index in [1.165, 1.54) is 0 Å². The molecule has 1 aromatic heterocycles. The highest BCUT2D eigenvalue weighted by Gasteiger charge is 2.12. The summed E-state index contributed by atoms with van der Waals surface area (Å²) in [5, 5.41) is 3.12. The molecule has 1 aromatic carbocycles. The molecular formula is C15H18N2O2. The minimum absolute atomic E-state index is 0.776. The molecule has 2 rings (SSSR count). The molecule has 4 heteroatoms. The summed E-state index contributed by atoms with van der Waals surface area (Å²) in [6, 6.07) is 7.83. The van der Waals surface area contributed by atoms with E-state index in [4.69, 9.17) is 9.47 Å². The molecule has 19 heavy (non-hydrogen) atoms. The van der Waals surface area contributed by atoms with E-state index in [1.807, 2.05) is 37.6 Å². The van der Waals surface area contributed by atoms with E-state index in [0.29, 0.717) is 0 Å². The van der Waals surface area contributed by atoms with Crippen LogP contribution in [0, 0.1) is 0 Å². The van der Waals surface area contributed by atoms with Crippen LogP contribution in [0.15, 0.2) is 36.7 Å². The first-order valence-corrected chi connectivity index (χ1v) is 6.10. The maximum Gasteiger partial charge on any atom is 0.130 e. The van der Waals surface area contributed by atoms with Gasteiger partial charge in [0.15, 0.2) is 0 Å². The number of ether oxygens (including phenoxy) is 2. The lowest BCUT2D eigenvalue weighted by Gasteiger charge is -2.13. The van der Waals surface area contributed by atoms with E-state index < -0.39 is 0 Å². The van der Waals surface area contributed by atoms with Crippen molar-refractivity contribution in [1.29, 1.82) is 0 Å². The van der Waals surface area contributed by atoms with Gasteiger partial charge < -0.3 is 14.8 Å². The molecule has 0 radical (unpaired) electrons. The Bertz CT molecular complexity index is 533.